The van der Waals surface area contributed by atoms with Crippen LogP contribution in [-0.4, -0.2) is 55.9 Å². The summed E-state index contributed by atoms with van der Waals surface area (Å²) in [5, 5.41) is 3.10. The molecule has 4 rings (SSSR count). The van der Waals surface area contributed by atoms with Crippen molar-refractivity contribution in [1.29, 1.82) is 0 Å². The standard InChI is InChI=1S/C21H23N3O3S2/c1-27-18-9-7-17(8-10-18)20-16-28-21(22-20)15-23-11-13-24(14-12-23)29(25,26)19-5-3-2-4-6-19/h2-10,16H,11-15H2,1H3. The third-order valence-electron chi connectivity index (χ3n) is 5.01. The van der Waals surface area contributed by atoms with E-state index in [-0.39, 0.29) is 0 Å². The second-order valence-corrected chi connectivity index (χ2v) is 9.73. The number of thiazole rings is 1. The number of hydrogen-bond donors (Lipinski definition) is 0. The fourth-order valence-corrected chi connectivity index (χ4v) is 5.63. The highest BCUT2D eigenvalue weighted by Crippen LogP contribution is 2.25. The van der Waals surface area contributed by atoms with Gasteiger partial charge in [-0.05, 0) is 36.4 Å². The van der Waals surface area contributed by atoms with Crippen molar-refractivity contribution in [3.63, 3.8) is 0 Å². The Balaban J connectivity index is 1.36. The molecule has 2 heterocycles. The summed E-state index contributed by atoms with van der Waals surface area (Å²) in [5.74, 6) is 0.826. The van der Waals surface area contributed by atoms with Crippen LogP contribution in [0.5, 0.6) is 5.75 Å². The molecule has 0 saturated carbocycles. The number of aromatic nitrogens is 1. The van der Waals surface area contributed by atoms with Gasteiger partial charge in [-0.2, -0.15) is 4.31 Å². The van der Waals surface area contributed by atoms with Crippen LogP contribution in [0.2, 0.25) is 0 Å². The third kappa shape index (κ3) is 4.51. The van der Waals surface area contributed by atoms with Crippen LogP contribution in [0.3, 0.4) is 0 Å². The normalized spacial score (nSPS) is 16.0. The van der Waals surface area contributed by atoms with Crippen molar-refractivity contribution in [3.05, 3.63) is 65.0 Å². The maximum Gasteiger partial charge on any atom is 0.243 e. The number of sulfonamides is 1. The summed E-state index contributed by atoms with van der Waals surface area (Å²) in [6.45, 7) is 3.12. The highest BCUT2D eigenvalue weighted by Gasteiger charge is 2.28. The number of methoxy groups -OCH3 is 1. The first-order chi connectivity index (χ1) is 14.1. The summed E-state index contributed by atoms with van der Waals surface area (Å²) in [5.41, 5.74) is 2.02. The molecule has 1 fully saturated rings. The van der Waals surface area contributed by atoms with Crippen molar-refractivity contribution in [2.75, 3.05) is 33.3 Å². The summed E-state index contributed by atoms with van der Waals surface area (Å²) in [6.07, 6.45) is 0. The lowest BCUT2D eigenvalue weighted by atomic mass is 10.2. The molecule has 0 atom stereocenters. The molecule has 0 unspecified atom stereocenters. The van der Waals surface area contributed by atoms with E-state index in [2.05, 4.69) is 10.3 Å². The smallest absolute Gasteiger partial charge is 0.243 e. The van der Waals surface area contributed by atoms with Gasteiger partial charge in [0.05, 0.1) is 24.2 Å². The van der Waals surface area contributed by atoms with E-state index in [1.807, 2.05) is 30.3 Å². The van der Waals surface area contributed by atoms with Gasteiger partial charge in [0.1, 0.15) is 10.8 Å². The highest BCUT2D eigenvalue weighted by molar-refractivity contribution is 7.89. The number of hydrogen-bond acceptors (Lipinski definition) is 6. The van der Waals surface area contributed by atoms with Gasteiger partial charge in [0, 0.05) is 37.1 Å². The van der Waals surface area contributed by atoms with Gasteiger partial charge in [0.2, 0.25) is 10.0 Å². The molecule has 0 aliphatic carbocycles. The molecule has 152 valence electrons. The lowest BCUT2D eigenvalue weighted by Crippen LogP contribution is -2.48. The molecule has 1 aliphatic rings. The van der Waals surface area contributed by atoms with Gasteiger partial charge in [0.25, 0.3) is 0 Å². The van der Waals surface area contributed by atoms with Crippen molar-refractivity contribution in [3.8, 4) is 17.0 Å². The average molecular weight is 430 g/mol. The van der Waals surface area contributed by atoms with Crippen molar-refractivity contribution in [1.82, 2.24) is 14.2 Å². The Labute approximate surface area is 175 Å². The molecule has 0 bridgehead atoms. The minimum atomic E-state index is -3.41. The van der Waals surface area contributed by atoms with Crippen molar-refractivity contribution < 1.29 is 13.2 Å². The zero-order chi connectivity index (χ0) is 20.3. The molecule has 1 aromatic heterocycles. The first-order valence-corrected chi connectivity index (χ1v) is 11.7. The third-order valence-corrected chi connectivity index (χ3v) is 7.76. The predicted molar refractivity (Wildman–Crippen MR) is 115 cm³/mol. The first kappa shape index (κ1) is 20.0. The fraction of sp³-hybridized carbons (Fsp3) is 0.286. The number of rotatable bonds is 6. The van der Waals surface area contributed by atoms with Crippen LogP contribution in [0.25, 0.3) is 11.3 Å². The second-order valence-electron chi connectivity index (χ2n) is 6.85. The summed E-state index contributed by atoms with van der Waals surface area (Å²) in [7, 11) is -1.76. The Hall–Kier alpha value is -2.26. The van der Waals surface area contributed by atoms with E-state index < -0.39 is 10.0 Å². The van der Waals surface area contributed by atoms with Crippen LogP contribution in [0.15, 0.2) is 64.9 Å². The topological polar surface area (TPSA) is 62.7 Å². The van der Waals surface area contributed by atoms with Gasteiger partial charge >= 0.3 is 0 Å². The van der Waals surface area contributed by atoms with E-state index in [9.17, 15) is 8.42 Å². The van der Waals surface area contributed by atoms with Gasteiger partial charge in [-0.1, -0.05) is 18.2 Å². The first-order valence-electron chi connectivity index (χ1n) is 9.42. The van der Waals surface area contributed by atoms with E-state index in [4.69, 9.17) is 9.72 Å². The minimum Gasteiger partial charge on any atom is -0.497 e. The summed E-state index contributed by atoms with van der Waals surface area (Å²) in [4.78, 5) is 7.37. The lowest BCUT2D eigenvalue weighted by molar-refractivity contribution is 0.181. The van der Waals surface area contributed by atoms with Crippen LogP contribution < -0.4 is 4.74 Å². The fourth-order valence-electron chi connectivity index (χ4n) is 3.34. The monoisotopic (exact) mass is 429 g/mol. The maximum absolute atomic E-state index is 12.7. The highest BCUT2D eigenvalue weighted by atomic mass is 32.2. The summed E-state index contributed by atoms with van der Waals surface area (Å²) >= 11 is 1.64. The quantitative estimate of drug-likeness (QED) is 0.602. The molecule has 8 heteroatoms. The molecule has 0 N–H and O–H groups in total. The Bertz CT molecular complexity index is 1040. The number of benzene rings is 2. The zero-order valence-electron chi connectivity index (χ0n) is 16.2. The number of piperazine rings is 1. The van der Waals surface area contributed by atoms with Crippen molar-refractivity contribution >= 4 is 21.4 Å². The molecular formula is C21H23N3O3S2. The molecule has 0 spiro atoms. The summed E-state index contributed by atoms with van der Waals surface area (Å²) in [6, 6.07) is 16.5. The van der Waals surface area contributed by atoms with Crippen molar-refractivity contribution in [2.45, 2.75) is 11.4 Å². The maximum atomic E-state index is 12.7. The van der Waals surface area contributed by atoms with Gasteiger partial charge in [-0.3, -0.25) is 4.90 Å². The zero-order valence-corrected chi connectivity index (χ0v) is 17.8. The second kappa shape index (κ2) is 8.62. The van der Waals surface area contributed by atoms with Crippen LogP contribution >= 0.6 is 11.3 Å². The van der Waals surface area contributed by atoms with E-state index in [1.165, 1.54) is 0 Å². The molecule has 3 aromatic rings. The number of ether oxygens (including phenoxy) is 1. The molecule has 6 nitrogen and oxygen atoms in total. The Morgan fingerprint density at radius 3 is 2.34 bits per heavy atom. The van der Waals surface area contributed by atoms with Crippen LogP contribution in [0.1, 0.15) is 5.01 Å². The Morgan fingerprint density at radius 2 is 1.69 bits per heavy atom. The minimum absolute atomic E-state index is 0.359. The number of nitrogens with zero attached hydrogens (tertiary/aromatic N) is 3. The SMILES string of the molecule is COc1ccc(-c2csc(CN3CCN(S(=O)(=O)c4ccccc4)CC3)n2)cc1. The summed E-state index contributed by atoms with van der Waals surface area (Å²) < 4.78 is 32.3. The van der Waals surface area contributed by atoms with Gasteiger partial charge in [-0.15, -0.1) is 11.3 Å². The van der Waals surface area contributed by atoms with E-state index >= 15 is 0 Å². The van der Waals surface area contributed by atoms with Gasteiger partial charge < -0.3 is 4.74 Å². The van der Waals surface area contributed by atoms with E-state index in [1.54, 1.807) is 47.0 Å². The molecule has 29 heavy (non-hydrogen) atoms. The van der Waals surface area contributed by atoms with E-state index in [0.717, 1.165) is 28.6 Å². The Kier molecular flexibility index (Phi) is 5.96. The molecule has 2 aromatic carbocycles. The Morgan fingerprint density at radius 1 is 1.00 bits per heavy atom. The van der Waals surface area contributed by atoms with Crippen LogP contribution in [-0.2, 0) is 16.6 Å². The van der Waals surface area contributed by atoms with Crippen LogP contribution in [0.4, 0.5) is 0 Å². The molecule has 0 amide bonds. The van der Waals surface area contributed by atoms with Gasteiger partial charge in [0.15, 0.2) is 0 Å². The predicted octanol–water partition coefficient (Wildman–Crippen LogP) is 3.33. The van der Waals surface area contributed by atoms with E-state index in [0.29, 0.717) is 31.1 Å². The average Bonchev–Trinajstić information content (AvgIpc) is 3.23. The largest absolute Gasteiger partial charge is 0.497 e. The molecular weight excluding hydrogens is 406 g/mol. The lowest BCUT2D eigenvalue weighted by Gasteiger charge is -2.33. The van der Waals surface area contributed by atoms with Crippen molar-refractivity contribution in [2.24, 2.45) is 0 Å². The van der Waals surface area contributed by atoms with Gasteiger partial charge in [-0.25, -0.2) is 13.4 Å². The van der Waals surface area contributed by atoms with Crippen LogP contribution in [0, 0.1) is 0 Å². The molecule has 0 radical (unpaired) electrons. The molecule has 1 aliphatic heterocycles. The molecule has 1 saturated heterocycles.